The lowest BCUT2D eigenvalue weighted by molar-refractivity contribution is -0.122. The Hall–Kier alpha value is -3.15. The van der Waals surface area contributed by atoms with Gasteiger partial charge in [0.25, 0.3) is 5.91 Å². The molecule has 0 radical (unpaired) electrons. The molecule has 1 atom stereocenters. The number of ether oxygens (including phenoxy) is 1. The number of aromatic nitrogens is 2. The minimum Gasteiger partial charge on any atom is -0.481 e. The molecular formula is C21H23N3O3. The van der Waals surface area contributed by atoms with Crippen molar-refractivity contribution in [2.75, 3.05) is 5.32 Å². The monoisotopic (exact) mass is 365 g/mol. The molecule has 1 amide bonds. The molecule has 3 aromatic rings. The largest absolute Gasteiger partial charge is 0.481 e. The fraction of sp³-hybridized carbons (Fsp3) is 0.286. The molecule has 27 heavy (non-hydrogen) atoms. The molecule has 6 nitrogen and oxygen atoms in total. The lowest BCUT2D eigenvalue weighted by Gasteiger charge is -2.14. The number of nitrogens with one attached hydrogen (secondary N) is 1. The molecule has 0 spiro atoms. The number of hydrogen-bond acceptors (Lipinski definition) is 5. The molecule has 0 unspecified atom stereocenters. The van der Waals surface area contributed by atoms with Gasteiger partial charge < -0.3 is 10.1 Å². The zero-order chi connectivity index (χ0) is 19.4. The summed E-state index contributed by atoms with van der Waals surface area (Å²) in [6.07, 6.45) is 0.262. The molecular weight excluding hydrogens is 342 g/mol. The van der Waals surface area contributed by atoms with Crippen molar-refractivity contribution in [2.45, 2.75) is 40.2 Å². The summed E-state index contributed by atoms with van der Waals surface area (Å²) in [6, 6.07) is 13.6. The second kappa shape index (κ2) is 8.03. The van der Waals surface area contributed by atoms with Crippen molar-refractivity contribution in [3.63, 3.8) is 0 Å². The molecule has 6 heteroatoms. The van der Waals surface area contributed by atoms with Gasteiger partial charge >= 0.3 is 0 Å². The summed E-state index contributed by atoms with van der Waals surface area (Å²) in [4.78, 5) is 12.5. The van der Waals surface area contributed by atoms with Crippen LogP contribution in [0.25, 0.3) is 11.3 Å². The van der Waals surface area contributed by atoms with Crippen molar-refractivity contribution in [1.82, 2.24) is 10.3 Å². The average Bonchev–Trinajstić information content (AvgIpc) is 3.12. The van der Waals surface area contributed by atoms with Crippen molar-refractivity contribution in [2.24, 2.45) is 0 Å². The number of carbonyl (C=O) groups is 1. The molecule has 1 aromatic heterocycles. The van der Waals surface area contributed by atoms with Crippen molar-refractivity contribution in [1.29, 1.82) is 0 Å². The summed E-state index contributed by atoms with van der Waals surface area (Å²) in [7, 11) is 0. The normalized spacial score (nSPS) is 11.9. The van der Waals surface area contributed by atoms with Crippen LogP contribution in [0.15, 0.2) is 47.1 Å². The van der Waals surface area contributed by atoms with E-state index in [2.05, 4.69) is 22.6 Å². The number of nitrogens with zero attached hydrogens (tertiary/aromatic N) is 2. The summed E-state index contributed by atoms with van der Waals surface area (Å²) < 4.78 is 10.6. The zero-order valence-electron chi connectivity index (χ0n) is 15.9. The Morgan fingerprint density at radius 3 is 2.52 bits per heavy atom. The lowest BCUT2D eigenvalue weighted by Crippen LogP contribution is -2.30. The molecule has 0 fully saturated rings. The zero-order valence-corrected chi connectivity index (χ0v) is 15.9. The third-order valence-electron chi connectivity index (χ3n) is 4.52. The van der Waals surface area contributed by atoms with Crippen LogP contribution in [0.1, 0.15) is 30.5 Å². The fourth-order valence-corrected chi connectivity index (χ4v) is 2.63. The van der Waals surface area contributed by atoms with Gasteiger partial charge in [0, 0.05) is 5.56 Å². The Morgan fingerprint density at radius 2 is 1.85 bits per heavy atom. The van der Waals surface area contributed by atoms with Gasteiger partial charge in [-0.25, -0.2) is 4.63 Å². The summed E-state index contributed by atoms with van der Waals surface area (Å²) in [6.45, 7) is 7.83. The van der Waals surface area contributed by atoms with E-state index >= 15 is 0 Å². The van der Waals surface area contributed by atoms with E-state index in [0.29, 0.717) is 11.4 Å². The van der Waals surface area contributed by atoms with Gasteiger partial charge in [-0.2, -0.15) is 0 Å². The quantitative estimate of drug-likeness (QED) is 0.704. The fourth-order valence-electron chi connectivity index (χ4n) is 2.63. The molecule has 0 bridgehead atoms. The summed E-state index contributed by atoms with van der Waals surface area (Å²) in [5.41, 5.74) is 4.84. The first-order valence-electron chi connectivity index (χ1n) is 8.94. The van der Waals surface area contributed by atoms with E-state index < -0.39 is 6.10 Å². The predicted molar refractivity (Wildman–Crippen MR) is 104 cm³/mol. The Balaban J connectivity index is 1.70. The molecule has 140 valence electrons. The molecule has 0 aliphatic heterocycles. The maximum Gasteiger partial charge on any atom is 0.266 e. The molecule has 1 N–H and O–H groups in total. The van der Waals surface area contributed by atoms with E-state index in [9.17, 15) is 4.79 Å². The Labute approximate surface area is 158 Å². The van der Waals surface area contributed by atoms with Crippen LogP contribution < -0.4 is 10.1 Å². The van der Waals surface area contributed by atoms with Gasteiger partial charge in [0.1, 0.15) is 5.75 Å². The predicted octanol–water partition coefficient (Wildman–Crippen LogP) is 4.32. The minimum atomic E-state index is -0.693. The van der Waals surface area contributed by atoms with Gasteiger partial charge in [-0.15, -0.1) is 0 Å². The number of benzene rings is 2. The van der Waals surface area contributed by atoms with Crippen LogP contribution in [0.5, 0.6) is 5.75 Å². The SMILES string of the molecule is CCc1ccc(O[C@H](C)C(=O)Nc2nonc2-c2ccc(C)c(C)c2)cc1. The Bertz CT molecular complexity index is 932. The standard InChI is InChI=1S/C21H23N3O3/c1-5-16-7-10-18(11-8-16)26-15(4)21(25)22-20-19(23-27-24-20)17-9-6-13(2)14(3)12-17/h6-12,15H,5H2,1-4H3,(H,22,24,25)/t15-/m1/s1. The van der Waals surface area contributed by atoms with Crippen molar-refractivity contribution >= 4 is 11.7 Å². The van der Waals surface area contributed by atoms with Crippen molar-refractivity contribution in [3.8, 4) is 17.0 Å². The van der Waals surface area contributed by atoms with Crippen LogP contribution in [0, 0.1) is 13.8 Å². The first-order chi connectivity index (χ1) is 13.0. The number of amides is 1. The maximum absolute atomic E-state index is 12.5. The first-order valence-corrected chi connectivity index (χ1v) is 8.94. The first kappa shape index (κ1) is 18.6. The minimum absolute atomic E-state index is 0.278. The van der Waals surface area contributed by atoms with E-state index in [1.165, 1.54) is 11.1 Å². The van der Waals surface area contributed by atoms with Gasteiger partial charge in [-0.05, 0) is 72.4 Å². The highest BCUT2D eigenvalue weighted by Crippen LogP contribution is 2.26. The van der Waals surface area contributed by atoms with E-state index in [0.717, 1.165) is 17.5 Å². The molecule has 0 aliphatic carbocycles. The van der Waals surface area contributed by atoms with Gasteiger partial charge in [-0.3, -0.25) is 4.79 Å². The average molecular weight is 365 g/mol. The second-order valence-corrected chi connectivity index (χ2v) is 6.51. The molecule has 2 aromatic carbocycles. The topological polar surface area (TPSA) is 77.2 Å². The van der Waals surface area contributed by atoms with E-state index in [1.54, 1.807) is 6.92 Å². The summed E-state index contributed by atoms with van der Waals surface area (Å²) in [5.74, 6) is 0.595. The van der Waals surface area contributed by atoms with Crippen molar-refractivity contribution in [3.05, 3.63) is 59.2 Å². The molecule has 1 heterocycles. The summed E-state index contributed by atoms with van der Waals surface area (Å²) in [5, 5.41) is 10.5. The second-order valence-electron chi connectivity index (χ2n) is 6.51. The van der Waals surface area contributed by atoms with E-state index in [1.807, 2.05) is 56.3 Å². The van der Waals surface area contributed by atoms with Crippen LogP contribution in [0.2, 0.25) is 0 Å². The summed E-state index contributed by atoms with van der Waals surface area (Å²) >= 11 is 0. The maximum atomic E-state index is 12.5. The van der Waals surface area contributed by atoms with Crippen LogP contribution >= 0.6 is 0 Å². The lowest BCUT2D eigenvalue weighted by atomic mass is 10.0. The third kappa shape index (κ3) is 4.34. The number of hydrogen-bond donors (Lipinski definition) is 1. The van der Waals surface area contributed by atoms with Gasteiger partial charge in [0.15, 0.2) is 11.8 Å². The van der Waals surface area contributed by atoms with Crippen LogP contribution in [-0.2, 0) is 11.2 Å². The third-order valence-corrected chi connectivity index (χ3v) is 4.52. The highest BCUT2D eigenvalue weighted by Gasteiger charge is 2.20. The number of aryl methyl sites for hydroxylation is 3. The smallest absolute Gasteiger partial charge is 0.266 e. The van der Waals surface area contributed by atoms with Crippen LogP contribution in [0.4, 0.5) is 5.82 Å². The van der Waals surface area contributed by atoms with E-state index in [-0.39, 0.29) is 11.7 Å². The van der Waals surface area contributed by atoms with Crippen LogP contribution in [-0.4, -0.2) is 22.3 Å². The number of rotatable bonds is 6. The Morgan fingerprint density at radius 1 is 1.11 bits per heavy atom. The Kier molecular flexibility index (Phi) is 5.54. The number of carbonyl (C=O) groups excluding carboxylic acids is 1. The molecule has 0 aliphatic rings. The highest BCUT2D eigenvalue weighted by atomic mass is 16.6. The van der Waals surface area contributed by atoms with Crippen molar-refractivity contribution < 1.29 is 14.2 Å². The molecule has 0 saturated carbocycles. The van der Waals surface area contributed by atoms with Gasteiger partial charge in [0.05, 0.1) is 0 Å². The number of anilines is 1. The van der Waals surface area contributed by atoms with Gasteiger partial charge in [-0.1, -0.05) is 31.2 Å². The highest BCUT2D eigenvalue weighted by molar-refractivity contribution is 5.96. The molecule has 0 saturated heterocycles. The van der Waals surface area contributed by atoms with Crippen LogP contribution in [0.3, 0.4) is 0 Å². The van der Waals surface area contributed by atoms with Gasteiger partial charge in [0.2, 0.25) is 5.82 Å². The van der Waals surface area contributed by atoms with E-state index in [4.69, 9.17) is 9.37 Å². The molecule has 3 rings (SSSR count).